The van der Waals surface area contributed by atoms with Gasteiger partial charge in [-0.3, -0.25) is 0 Å². The van der Waals surface area contributed by atoms with Crippen LogP contribution in [-0.4, -0.2) is 32.4 Å². The first kappa shape index (κ1) is 16.8. The fraction of sp³-hybridized carbons (Fsp3) is 0.533. The first-order chi connectivity index (χ1) is 10.3. The molecule has 7 heteroatoms. The van der Waals surface area contributed by atoms with Crippen molar-refractivity contribution in [1.82, 2.24) is 4.90 Å². The van der Waals surface area contributed by atoms with Crippen molar-refractivity contribution in [2.45, 2.75) is 43.5 Å². The predicted octanol–water partition coefficient (Wildman–Crippen LogP) is 2.38. The van der Waals surface area contributed by atoms with Gasteiger partial charge in [0.1, 0.15) is 0 Å². The smallest absolute Gasteiger partial charge is 0.321 e. The fourth-order valence-electron chi connectivity index (χ4n) is 2.96. The van der Waals surface area contributed by atoms with Gasteiger partial charge >= 0.3 is 6.03 Å². The molecule has 1 aromatic carbocycles. The van der Waals surface area contributed by atoms with E-state index in [2.05, 4.69) is 12.2 Å². The second-order valence-corrected chi connectivity index (χ2v) is 7.50. The third kappa shape index (κ3) is 3.98. The fourth-order valence-corrected chi connectivity index (χ4v) is 3.48. The molecule has 0 aliphatic heterocycles. The second-order valence-electron chi connectivity index (χ2n) is 5.94. The second kappa shape index (κ2) is 6.66. The summed E-state index contributed by atoms with van der Waals surface area (Å²) in [4.78, 5) is 14.1. The molecule has 122 valence electrons. The highest BCUT2D eigenvalue weighted by atomic mass is 32.2. The normalized spacial score (nSPS) is 22.1. The number of amides is 2. The molecule has 6 nitrogen and oxygen atoms in total. The number of anilines is 1. The van der Waals surface area contributed by atoms with E-state index in [0.717, 1.165) is 19.3 Å². The van der Waals surface area contributed by atoms with Crippen LogP contribution in [0.5, 0.6) is 0 Å². The maximum absolute atomic E-state index is 12.3. The largest absolute Gasteiger partial charge is 0.324 e. The summed E-state index contributed by atoms with van der Waals surface area (Å²) in [6.45, 7) is 2.18. The van der Waals surface area contributed by atoms with Gasteiger partial charge in [-0.2, -0.15) is 0 Å². The van der Waals surface area contributed by atoms with Crippen LogP contribution in [0.15, 0.2) is 29.2 Å². The Morgan fingerprint density at radius 3 is 2.36 bits per heavy atom. The van der Waals surface area contributed by atoms with Crippen LogP contribution >= 0.6 is 0 Å². The van der Waals surface area contributed by atoms with Crippen LogP contribution < -0.4 is 10.5 Å². The van der Waals surface area contributed by atoms with E-state index in [1.807, 2.05) is 0 Å². The van der Waals surface area contributed by atoms with Crippen LogP contribution in [0.25, 0.3) is 0 Å². The summed E-state index contributed by atoms with van der Waals surface area (Å²) < 4.78 is 22.4. The van der Waals surface area contributed by atoms with Crippen LogP contribution in [-0.2, 0) is 10.0 Å². The molecular formula is C15H23N3O3S. The lowest BCUT2D eigenvalue weighted by molar-refractivity contribution is 0.155. The number of sulfonamides is 1. The molecule has 2 amide bonds. The molecule has 22 heavy (non-hydrogen) atoms. The number of hydrogen-bond donors (Lipinski definition) is 2. The van der Waals surface area contributed by atoms with Crippen molar-refractivity contribution in [1.29, 1.82) is 0 Å². The predicted molar refractivity (Wildman–Crippen MR) is 86.0 cm³/mol. The molecule has 0 radical (unpaired) electrons. The van der Waals surface area contributed by atoms with Gasteiger partial charge in [0.25, 0.3) is 0 Å². The quantitative estimate of drug-likeness (QED) is 0.893. The molecule has 1 aliphatic carbocycles. The van der Waals surface area contributed by atoms with Gasteiger partial charge in [-0.05, 0) is 43.0 Å². The molecule has 2 atom stereocenters. The minimum Gasteiger partial charge on any atom is -0.324 e. The van der Waals surface area contributed by atoms with Crippen LogP contribution in [0.3, 0.4) is 0 Å². The van der Waals surface area contributed by atoms with Gasteiger partial charge in [-0.25, -0.2) is 18.4 Å². The topological polar surface area (TPSA) is 92.5 Å². The molecular weight excluding hydrogens is 302 g/mol. The standard InChI is InChI=1S/C15H23N3O3S/c1-11-5-3-4-6-14(11)18(2)15(19)17-12-7-9-13(10-8-12)22(16,20)21/h7-11,14H,3-6H2,1-2H3,(H,17,19)(H2,16,20,21)/t11-,14-/m1/s1. The Kier molecular flexibility index (Phi) is 5.08. The zero-order chi connectivity index (χ0) is 16.3. The lowest BCUT2D eigenvalue weighted by atomic mass is 9.85. The van der Waals surface area contributed by atoms with Crippen LogP contribution in [0, 0.1) is 5.92 Å². The van der Waals surface area contributed by atoms with Gasteiger partial charge < -0.3 is 10.2 Å². The first-order valence-corrected chi connectivity index (χ1v) is 9.00. The van der Waals surface area contributed by atoms with Crippen molar-refractivity contribution >= 4 is 21.7 Å². The third-order valence-corrected chi connectivity index (χ3v) is 5.25. The zero-order valence-corrected chi connectivity index (χ0v) is 13.8. The summed E-state index contributed by atoms with van der Waals surface area (Å²) in [7, 11) is -1.91. The number of hydrogen-bond acceptors (Lipinski definition) is 3. The average molecular weight is 325 g/mol. The Labute approximate surface area is 131 Å². The molecule has 3 N–H and O–H groups in total. The first-order valence-electron chi connectivity index (χ1n) is 7.45. The zero-order valence-electron chi connectivity index (χ0n) is 13.0. The molecule has 0 bridgehead atoms. The van der Waals surface area contributed by atoms with E-state index in [0.29, 0.717) is 11.6 Å². The Balaban J connectivity index is 2.02. The van der Waals surface area contributed by atoms with Gasteiger partial charge in [0.15, 0.2) is 0 Å². The van der Waals surface area contributed by atoms with E-state index < -0.39 is 10.0 Å². The van der Waals surface area contributed by atoms with Crippen LogP contribution in [0.4, 0.5) is 10.5 Å². The lowest BCUT2D eigenvalue weighted by Gasteiger charge is -2.36. The molecule has 1 aliphatic rings. The Bertz CT molecular complexity index is 628. The van der Waals surface area contributed by atoms with Crippen LogP contribution in [0.2, 0.25) is 0 Å². The number of primary sulfonamides is 1. The third-order valence-electron chi connectivity index (χ3n) is 4.32. The monoisotopic (exact) mass is 325 g/mol. The number of urea groups is 1. The molecule has 0 heterocycles. The summed E-state index contributed by atoms with van der Waals surface area (Å²) in [5.41, 5.74) is 0.549. The number of nitrogens with zero attached hydrogens (tertiary/aromatic N) is 1. The van der Waals surface area contributed by atoms with E-state index in [1.54, 1.807) is 11.9 Å². The Morgan fingerprint density at radius 1 is 1.23 bits per heavy atom. The summed E-state index contributed by atoms with van der Waals surface area (Å²) in [6, 6.07) is 5.91. The highest BCUT2D eigenvalue weighted by Crippen LogP contribution is 2.27. The van der Waals surface area contributed by atoms with Crippen molar-refractivity contribution in [3.8, 4) is 0 Å². The molecule has 2 rings (SSSR count). The molecule has 0 aromatic heterocycles. The van der Waals surface area contributed by atoms with Crippen molar-refractivity contribution in [2.24, 2.45) is 11.1 Å². The van der Waals surface area contributed by atoms with E-state index in [1.165, 1.54) is 30.7 Å². The number of benzene rings is 1. The minimum atomic E-state index is -3.71. The number of nitrogens with two attached hydrogens (primary N) is 1. The lowest BCUT2D eigenvalue weighted by Crippen LogP contribution is -2.44. The van der Waals surface area contributed by atoms with Crippen molar-refractivity contribution in [3.63, 3.8) is 0 Å². The Morgan fingerprint density at radius 2 is 1.82 bits per heavy atom. The molecule has 1 saturated carbocycles. The average Bonchev–Trinajstić information content (AvgIpc) is 2.46. The highest BCUT2D eigenvalue weighted by molar-refractivity contribution is 7.89. The van der Waals surface area contributed by atoms with Crippen molar-refractivity contribution in [3.05, 3.63) is 24.3 Å². The maximum Gasteiger partial charge on any atom is 0.321 e. The molecule has 0 saturated heterocycles. The van der Waals surface area contributed by atoms with Gasteiger partial charge in [0.2, 0.25) is 10.0 Å². The van der Waals surface area contributed by atoms with Crippen molar-refractivity contribution in [2.75, 3.05) is 12.4 Å². The summed E-state index contributed by atoms with van der Waals surface area (Å²) in [5.74, 6) is 0.495. The van der Waals surface area contributed by atoms with Crippen molar-refractivity contribution < 1.29 is 13.2 Å². The summed E-state index contributed by atoms with van der Waals surface area (Å²) in [6.07, 6.45) is 4.54. The molecule has 1 aromatic rings. The van der Waals surface area contributed by atoms with Gasteiger partial charge in [-0.15, -0.1) is 0 Å². The van der Waals surface area contributed by atoms with Crippen LogP contribution in [0.1, 0.15) is 32.6 Å². The summed E-state index contributed by atoms with van der Waals surface area (Å²) in [5, 5.41) is 7.84. The van der Waals surface area contributed by atoms with E-state index in [4.69, 9.17) is 5.14 Å². The number of carbonyl (C=O) groups excluding carboxylic acids is 1. The van der Waals surface area contributed by atoms with E-state index in [-0.39, 0.29) is 17.0 Å². The molecule has 0 unspecified atom stereocenters. The van der Waals surface area contributed by atoms with E-state index in [9.17, 15) is 13.2 Å². The maximum atomic E-state index is 12.3. The minimum absolute atomic E-state index is 0.0276. The number of carbonyl (C=O) groups is 1. The highest BCUT2D eigenvalue weighted by Gasteiger charge is 2.27. The molecule has 1 fully saturated rings. The SMILES string of the molecule is C[C@@H]1CCCC[C@H]1N(C)C(=O)Nc1ccc(S(N)(=O)=O)cc1. The summed E-state index contributed by atoms with van der Waals surface area (Å²) >= 11 is 0. The Hall–Kier alpha value is -1.60. The molecule has 0 spiro atoms. The number of rotatable bonds is 3. The van der Waals surface area contributed by atoms with E-state index >= 15 is 0 Å². The van der Waals surface area contributed by atoms with Gasteiger partial charge in [0.05, 0.1) is 4.90 Å². The number of nitrogens with one attached hydrogen (secondary N) is 1. The van der Waals surface area contributed by atoms with Gasteiger partial charge in [-0.1, -0.05) is 19.8 Å². The van der Waals surface area contributed by atoms with Gasteiger partial charge in [0, 0.05) is 18.8 Å².